The first-order chi connectivity index (χ1) is 16.1. The Morgan fingerprint density at radius 2 is 1.91 bits per heavy atom. The van der Waals surface area contributed by atoms with Gasteiger partial charge in [0.15, 0.2) is 5.03 Å². The molecule has 1 unspecified atom stereocenters. The molecule has 0 bridgehead atoms. The molecule has 4 heterocycles. The lowest BCUT2D eigenvalue weighted by Crippen LogP contribution is -2.43. The summed E-state index contributed by atoms with van der Waals surface area (Å²) in [6.07, 6.45) is 4.01. The van der Waals surface area contributed by atoms with E-state index in [9.17, 15) is 13.2 Å². The number of sulfonamides is 1. The van der Waals surface area contributed by atoms with Crippen molar-refractivity contribution in [3.8, 4) is 0 Å². The van der Waals surface area contributed by atoms with Gasteiger partial charge in [-0.3, -0.25) is 4.79 Å². The van der Waals surface area contributed by atoms with Gasteiger partial charge >= 0.3 is 0 Å². The van der Waals surface area contributed by atoms with E-state index in [1.54, 1.807) is 36.5 Å². The van der Waals surface area contributed by atoms with Crippen molar-refractivity contribution >= 4 is 45.0 Å². The van der Waals surface area contributed by atoms with Gasteiger partial charge in [0.2, 0.25) is 0 Å². The van der Waals surface area contributed by atoms with Crippen molar-refractivity contribution in [3.63, 3.8) is 0 Å². The number of halogens is 1. The summed E-state index contributed by atoms with van der Waals surface area (Å²) in [5, 5.41) is 3.08. The molecule has 9 nitrogen and oxygen atoms in total. The highest BCUT2D eigenvalue weighted by Crippen LogP contribution is 2.38. The summed E-state index contributed by atoms with van der Waals surface area (Å²) in [4.78, 5) is 27.8. The number of aromatic nitrogens is 3. The molecule has 2 N–H and O–H groups in total. The SMILES string of the molecule is CC1CCN(c2ncccc2C(=O)NS(=O)(=O)c2cccc(Nc3ccc(Cl)cn3)n2)C1(C)C. The summed E-state index contributed by atoms with van der Waals surface area (Å²) in [5.41, 5.74) is -0.0348. The topological polar surface area (TPSA) is 117 Å². The molecule has 0 aliphatic carbocycles. The average molecular weight is 501 g/mol. The molecular formula is C23H25ClN6O3S. The molecule has 1 aliphatic rings. The molecule has 1 fully saturated rings. The van der Waals surface area contributed by atoms with Gasteiger partial charge in [0.1, 0.15) is 17.5 Å². The van der Waals surface area contributed by atoms with Crippen LogP contribution in [0.4, 0.5) is 17.5 Å². The van der Waals surface area contributed by atoms with Crippen LogP contribution in [0.5, 0.6) is 0 Å². The Kier molecular flexibility index (Phi) is 6.46. The zero-order valence-electron chi connectivity index (χ0n) is 19.0. The van der Waals surface area contributed by atoms with Crippen LogP contribution in [0, 0.1) is 5.92 Å². The molecule has 4 rings (SSSR count). The fourth-order valence-corrected chi connectivity index (χ4v) is 4.89. The third-order valence-corrected chi connectivity index (χ3v) is 7.64. The number of carbonyl (C=O) groups is 1. The summed E-state index contributed by atoms with van der Waals surface area (Å²) in [6, 6.07) is 10.9. The first-order valence-corrected chi connectivity index (χ1v) is 12.6. The highest BCUT2D eigenvalue weighted by molar-refractivity contribution is 7.90. The molecule has 0 spiro atoms. The number of amides is 1. The Labute approximate surface area is 203 Å². The molecule has 34 heavy (non-hydrogen) atoms. The van der Waals surface area contributed by atoms with E-state index in [-0.39, 0.29) is 21.9 Å². The molecule has 0 aromatic carbocycles. The average Bonchev–Trinajstić information content (AvgIpc) is 3.07. The predicted molar refractivity (Wildman–Crippen MR) is 131 cm³/mol. The third-order valence-electron chi connectivity index (χ3n) is 6.18. The van der Waals surface area contributed by atoms with Crippen LogP contribution in [0.15, 0.2) is 59.9 Å². The van der Waals surface area contributed by atoms with Crippen molar-refractivity contribution in [3.05, 3.63) is 65.4 Å². The summed E-state index contributed by atoms with van der Waals surface area (Å²) >= 11 is 5.84. The fraction of sp³-hybridized carbons (Fsp3) is 0.304. The van der Waals surface area contributed by atoms with Crippen LogP contribution in [0.25, 0.3) is 0 Å². The van der Waals surface area contributed by atoms with Crippen LogP contribution >= 0.6 is 11.6 Å². The zero-order chi connectivity index (χ0) is 24.5. The maximum atomic E-state index is 13.1. The van der Waals surface area contributed by atoms with Crippen molar-refractivity contribution in [2.45, 2.75) is 37.8 Å². The lowest BCUT2D eigenvalue weighted by atomic mass is 9.90. The summed E-state index contributed by atoms with van der Waals surface area (Å²) in [5.74, 6) is 0.779. The summed E-state index contributed by atoms with van der Waals surface area (Å²) < 4.78 is 28.1. The number of carbonyl (C=O) groups excluding carboxylic acids is 1. The number of nitrogens with zero attached hydrogens (tertiary/aromatic N) is 4. The van der Waals surface area contributed by atoms with E-state index in [4.69, 9.17) is 11.6 Å². The van der Waals surface area contributed by atoms with Crippen LogP contribution in [-0.2, 0) is 10.0 Å². The van der Waals surface area contributed by atoms with Crippen molar-refractivity contribution in [1.82, 2.24) is 19.7 Å². The van der Waals surface area contributed by atoms with Gasteiger partial charge in [-0.2, -0.15) is 8.42 Å². The first kappa shape index (κ1) is 23.9. The quantitative estimate of drug-likeness (QED) is 0.521. The fourth-order valence-electron chi connectivity index (χ4n) is 3.84. The van der Waals surface area contributed by atoms with Gasteiger partial charge in [0.25, 0.3) is 15.9 Å². The minimum Gasteiger partial charge on any atom is -0.351 e. The standard InChI is InChI=1S/C23H25ClN6O3S/c1-15-11-13-30(23(15,2)3)21-17(6-5-12-25-21)22(31)29-34(32,33)20-8-4-7-19(28-20)27-18-10-9-16(24)14-26-18/h4-10,12,14-15H,11,13H2,1-3H3,(H,29,31)(H,26,27,28). The van der Waals surface area contributed by atoms with E-state index in [1.165, 1.54) is 18.3 Å². The minimum atomic E-state index is -4.25. The van der Waals surface area contributed by atoms with Crippen LogP contribution in [0.3, 0.4) is 0 Å². The molecular weight excluding hydrogens is 476 g/mol. The number of nitrogens with one attached hydrogen (secondary N) is 2. The van der Waals surface area contributed by atoms with Crippen molar-refractivity contribution < 1.29 is 13.2 Å². The van der Waals surface area contributed by atoms with E-state index in [0.717, 1.165) is 13.0 Å². The van der Waals surface area contributed by atoms with Gasteiger partial charge in [-0.25, -0.2) is 19.7 Å². The monoisotopic (exact) mass is 500 g/mol. The highest BCUT2D eigenvalue weighted by atomic mass is 35.5. The third kappa shape index (κ3) is 4.83. The van der Waals surface area contributed by atoms with Crippen LogP contribution < -0.4 is 14.9 Å². The first-order valence-electron chi connectivity index (χ1n) is 10.7. The van der Waals surface area contributed by atoms with Crippen molar-refractivity contribution in [2.24, 2.45) is 5.92 Å². The molecule has 0 saturated carbocycles. The molecule has 1 atom stereocenters. The van der Waals surface area contributed by atoms with E-state index >= 15 is 0 Å². The van der Waals surface area contributed by atoms with Gasteiger partial charge in [-0.1, -0.05) is 24.6 Å². The number of hydrogen-bond acceptors (Lipinski definition) is 8. The van der Waals surface area contributed by atoms with Crippen molar-refractivity contribution in [2.75, 3.05) is 16.8 Å². The van der Waals surface area contributed by atoms with Crippen molar-refractivity contribution in [1.29, 1.82) is 0 Å². The molecule has 3 aromatic heterocycles. The number of rotatable bonds is 6. The zero-order valence-corrected chi connectivity index (χ0v) is 20.6. The van der Waals surface area contributed by atoms with E-state index in [2.05, 4.69) is 50.7 Å². The smallest absolute Gasteiger partial charge is 0.281 e. The Hall–Kier alpha value is -3.24. The normalized spacial score (nSPS) is 17.4. The summed E-state index contributed by atoms with van der Waals surface area (Å²) in [7, 11) is -4.25. The Bertz CT molecular complexity index is 1310. The lowest BCUT2D eigenvalue weighted by molar-refractivity contribution is 0.0981. The molecule has 11 heteroatoms. The molecule has 3 aromatic rings. The van der Waals surface area contributed by atoms with Gasteiger partial charge in [-0.15, -0.1) is 0 Å². The molecule has 1 saturated heterocycles. The van der Waals surface area contributed by atoms with Gasteiger partial charge < -0.3 is 10.2 Å². The maximum absolute atomic E-state index is 13.1. The maximum Gasteiger partial charge on any atom is 0.281 e. The van der Waals surface area contributed by atoms with Crippen LogP contribution in [0.1, 0.15) is 37.6 Å². The van der Waals surface area contributed by atoms with Gasteiger partial charge in [0.05, 0.1) is 10.6 Å². The lowest BCUT2D eigenvalue weighted by Gasteiger charge is -2.36. The van der Waals surface area contributed by atoms with E-state index in [0.29, 0.717) is 22.6 Å². The number of hydrogen-bond donors (Lipinski definition) is 2. The molecule has 178 valence electrons. The highest BCUT2D eigenvalue weighted by Gasteiger charge is 2.40. The van der Waals surface area contributed by atoms with Gasteiger partial charge in [0, 0.05) is 24.5 Å². The minimum absolute atomic E-state index is 0.188. The Morgan fingerprint density at radius 1 is 1.12 bits per heavy atom. The van der Waals surface area contributed by atoms with Crippen LogP contribution in [-0.4, -0.2) is 41.4 Å². The van der Waals surface area contributed by atoms with E-state index in [1.807, 2.05) is 0 Å². The largest absolute Gasteiger partial charge is 0.351 e. The number of anilines is 3. The molecule has 1 aliphatic heterocycles. The second-order valence-electron chi connectivity index (χ2n) is 8.65. The molecule has 1 amide bonds. The Morgan fingerprint density at radius 3 is 2.59 bits per heavy atom. The number of pyridine rings is 3. The predicted octanol–water partition coefficient (Wildman–Crippen LogP) is 4.01. The second kappa shape index (κ2) is 9.19. The van der Waals surface area contributed by atoms with Gasteiger partial charge in [-0.05, 0) is 62.6 Å². The Balaban J connectivity index is 1.57. The molecule has 0 radical (unpaired) electrons. The summed E-state index contributed by atoms with van der Waals surface area (Å²) in [6.45, 7) is 7.07. The second-order valence-corrected chi connectivity index (χ2v) is 10.7. The van der Waals surface area contributed by atoms with Crippen LogP contribution in [0.2, 0.25) is 5.02 Å². The van der Waals surface area contributed by atoms with E-state index < -0.39 is 15.9 Å².